The molecule has 15 heavy (non-hydrogen) atoms. The van der Waals surface area contributed by atoms with Crippen molar-refractivity contribution in [3.63, 3.8) is 0 Å². The lowest BCUT2D eigenvalue weighted by molar-refractivity contribution is 0.0697. The quantitative estimate of drug-likeness (QED) is 0.738. The van der Waals surface area contributed by atoms with Crippen molar-refractivity contribution in [2.24, 2.45) is 11.8 Å². The molecule has 0 radical (unpaired) electrons. The van der Waals surface area contributed by atoms with E-state index >= 15 is 0 Å². The van der Waals surface area contributed by atoms with Crippen molar-refractivity contribution < 1.29 is 0 Å². The Balaban J connectivity index is 1.39. The minimum Gasteiger partial charge on any atom is -0.311 e. The van der Waals surface area contributed by atoms with E-state index in [1.165, 1.54) is 51.6 Å². The first-order chi connectivity index (χ1) is 7.38. The summed E-state index contributed by atoms with van der Waals surface area (Å²) in [5.74, 6) is 2.05. The van der Waals surface area contributed by atoms with E-state index in [0.29, 0.717) is 0 Å². The van der Waals surface area contributed by atoms with Gasteiger partial charge in [0.15, 0.2) is 0 Å². The molecular formula is C13H22N2. The molecular weight excluding hydrogens is 184 g/mol. The summed E-state index contributed by atoms with van der Waals surface area (Å²) in [4.78, 5) is 2.82. The molecule has 84 valence electrons. The predicted molar refractivity (Wildman–Crippen MR) is 60.8 cm³/mol. The molecule has 2 heteroatoms. The summed E-state index contributed by atoms with van der Waals surface area (Å²) in [7, 11) is 0. The number of hydrogen-bond acceptors (Lipinski definition) is 2. The third-order valence-electron chi connectivity index (χ3n) is 5.43. The van der Waals surface area contributed by atoms with Crippen LogP contribution in [0.1, 0.15) is 38.5 Å². The zero-order valence-corrected chi connectivity index (χ0v) is 9.49. The van der Waals surface area contributed by atoms with Crippen LogP contribution >= 0.6 is 0 Å². The number of fused-ring (bicyclic) bond motifs is 4. The lowest BCUT2D eigenvalue weighted by Gasteiger charge is -2.49. The number of hydrogen-bond donors (Lipinski definition) is 1. The Morgan fingerprint density at radius 2 is 2.00 bits per heavy atom. The van der Waals surface area contributed by atoms with Crippen molar-refractivity contribution in [1.82, 2.24) is 10.2 Å². The number of piperidine rings is 2. The average molecular weight is 206 g/mol. The minimum atomic E-state index is 0.892. The van der Waals surface area contributed by atoms with Gasteiger partial charge >= 0.3 is 0 Å². The molecule has 5 atom stereocenters. The summed E-state index contributed by atoms with van der Waals surface area (Å²) < 4.78 is 0. The van der Waals surface area contributed by atoms with Gasteiger partial charge in [0.1, 0.15) is 0 Å². The first-order valence-electron chi connectivity index (χ1n) is 6.88. The average Bonchev–Trinajstić information content (AvgIpc) is 2.78. The zero-order chi connectivity index (χ0) is 9.83. The molecule has 2 aliphatic carbocycles. The standard InChI is InChI=1S/C13H22N2/c1-4-12-5-9(1)7-15(12)8-10-2-3-11-6-13(10)14-11/h9-14H,1-8H2. The number of rotatable bonds is 2. The molecule has 2 saturated carbocycles. The van der Waals surface area contributed by atoms with Crippen molar-refractivity contribution in [3.05, 3.63) is 0 Å². The van der Waals surface area contributed by atoms with Crippen LogP contribution < -0.4 is 5.32 Å². The molecule has 0 amide bonds. The van der Waals surface area contributed by atoms with Crippen LogP contribution in [0, 0.1) is 11.8 Å². The van der Waals surface area contributed by atoms with Crippen LogP contribution in [-0.4, -0.2) is 36.1 Å². The van der Waals surface area contributed by atoms with Crippen LogP contribution in [0.15, 0.2) is 0 Å². The SMILES string of the molecule is C1CC2CC1CN2CC1CCC2CC1N2. The first kappa shape index (κ1) is 9.00. The normalized spacial score (nSPS) is 53.2. The summed E-state index contributed by atoms with van der Waals surface area (Å²) >= 11 is 0. The number of nitrogens with one attached hydrogen (secondary N) is 1. The fourth-order valence-electron chi connectivity index (χ4n) is 4.50. The Morgan fingerprint density at radius 1 is 1.07 bits per heavy atom. The van der Waals surface area contributed by atoms with Gasteiger partial charge in [0.25, 0.3) is 0 Å². The van der Waals surface area contributed by atoms with Crippen LogP contribution in [0.4, 0.5) is 0 Å². The Bertz CT molecular complexity index is 257. The maximum absolute atomic E-state index is 3.72. The van der Waals surface area contributed by atoms with E-state index in [0.717, 1.165) is 30.0 Å². The van der Waals surface area contributed by atoms with Gasteiger partial charge in [-0.15, -0.1) is 0 Å². The van der Waals surface area contributed by atoms with Crippen molar-refractivity contribution in [1.29, 1.82) is 0 Å². The summed E-state index contributed by atoms with van der Waals surface area (Å²) in [5, 5.41) is 3.72. The monoisotopic (exact) mass is 206 g/mol. The highest BCUT2D eigenvalue weighted by Gasteiger charge is 2.43. The third kappa shape index (κ3) is 1.38. The van der Waals surface area contributed by atoms with Crippen LogP contribution in [0.5, 0.6) is 0 Å². The van der Waals surface area contributed by atoms with Crippen LogP contribution in [0.2, 0.25) is 0 Å². The molecule has 0 spiro atoms. The lowest BCUT2D eigenvalue weighted by atomic mass is 9.74. The molecule has 5 rings (SSSR count). The second-order valence-electron chi connectivity index (χ2n) is 6.33. The van der Waals surface area contributed by atoms with E-state index in [2.05, 4.69) is 10.2 Å². The Morgan fingerprint density at radius 3 is 2.60 bits per heavy atom. The molecule has 4 bridgehead atoms. The van der Waals surface area contributed by atoms with Crippen molar-refractivity contribution in [2.45, 2.75) is 56.7 Å². The fourth-order valence-corrected chi connectivity index (χ4v) is 4.50. The van der Waals surface area contributed by atoms with Gasteiger partial charge in [0.2, 0.25) is 0 Å². The molecule has 5 unspecified atom stereocenters. The van der Waals surface area contributed by atoms with Crippen molar-refractivity contribution in [2.75, 3.05) is 13.1 Å². The number of nitrogens with zero attached hydrogens (tertiary/aromatic N) is 1. The maximum Gasteiger partial charge on any atom is 0.0125 e. The second-order valence-corrected chi connectivity index (χ2v) is 6.33. The van der Waals surface area contributed by atoms with Gasteiger partial charge in [-0.3, -0.25) is 4.90 Å². The molecule has 3 saturated heterocycles. The van der Waals surface area contributed by atoms with E-state index in [1.54, 1.807) is 0 Å². The molecule has 0 aromatic carbocycles. The lowest BCUT2D eigenvalue weighted by Crippen LogP contribution is -2.61. The van der Waals surface area contributed by atoms with E-state index in [9.17, 15) is 0 Å². The number of likely N-dealkylation sites (tertiary alicyclic amines) is 1. The topological polar surface area (TPSA) is 15.3 Å². The minimum absolute atomic E-state index is 0.892. The van der Waals surface area contributed by atoms with Crippen molar-refractivity contribution in [3.8, 4) is 0 Å². The van der Waals surface area contributed by atoms with Crippen LogP contribution in [-0.2, 0) is 0 Å². The molecule has 0 aromatic rings. The van der Waals surface area contributed by atoms with E-state index in [4.69, 9.17) is 0 Å². The van der Waals surface area contributed by atoms with Crippen LogP contribution in [0.3, 0.4) is 0 Å². The highest BCUT2D eigenvalue weighted by molar-refractivity contribution is 5.01. The summed E-state index contributed by atoms with van der Waals surface area (Å²) in [6, 6.07) is 2.77. The molecule has 5 fully saturated rings. The summed E-state index contributed by atoms with van der Waals surface area (Å²) in [6.45, 7) is 2.84. The van der Waals surface area contributed by atoms with E-state index in [-0.39, 0.29) is 0 Å². The highest BCUT2D eigenvalue weighted by Crippen LogP contribution is 2.40. The molecule has 5 aliphatic rings. The van der Waals surface area contributed by atoms with Gasteiger partial charge < -0.3 is 5.32 Å². The maximum atomic E-state index is 3.72. The Labute approximate surface area is 92.4 Å². The molecule has 3 heterocycles. The fraction of sp³-hybridized carbons (Fsp3) is 1.00. The van der Waals surface area contributed by atoms with Gasteiger partial charge in [-0.1, -0.05) is 0 Å². The van der Waals surface area contributed by atoms with Gasteiger partial charge in [0.05, 0.1) is 0 Å². The molecule has 1 N–H and O–H groups in total. The molecule has 3 aliphatic heterocycles. The second kappa shape index (κ2) is 3.21. The van der Waals surface area contributed by atoms with E-state index in [1.807, 2.05) is 0 Å². The van der Waals surface area contributed by atoms with Gasteiger partial charge in [-0.25, -0.2) is 0 Å². The Kier molecular flexibility index (Phi) is 1.92. The molecule has 2 nitrogen and oxygen atoms in total. The van der Waals surface area contributed by atoms with E-state index < -0.39 is 0 Å². The summed E-state index contributed by atoms with van der Waals surface area (Å²) in [6.07, 6.45) is 8.97. The van der Waals surface area contributed by atoms with Gasteiger partial charge in [0, 0.05) is 31.2 Å². The third-order valence-corrected chi connectivity index (χ3v) is 5.43. The summed E-state index contributed by atoms with van der Waals surface area (Å²) in [5.41, 5.74) is 0. The van der Waals surface area contributed by atoms with Crippen LogP contribution in [0.25, 0.3) is 0 Å². The van der Waals surface area contributed by atoms with Gasteiger partial charge in [-0.05, 0) is 50.4 Å². The largest absolute Gasteiger partial charge is 0.311 e. The smallest absolute Gasteiger partial charge is 0.0125 e. The molecule has 0 aromatic heterocycles. The predicted octanol–water partition coefficient (Wildman–Crippen LogP) is 1.61. The van der Waals surface area contributed by atoms with Gasteiger partial charge in [-0.2, -0.15) is 0 Å². The highest BCUT2D eigenvalue weighted by atomic mass is 15.2. The van der Waals surface area contributed by atoms with Crippen molar-refractivity contribution >= 4 is 0 Å². The first-order valence-corrected chi connectivity index (χ1v) is 6.88. The Hall–Kier alpha value is -0.0800. The zero-order valence-electron chi connectivity index (χ0n) is 9.49.